The molecule has 0 aromatic heterocycles. The van der Waals surface area contributed by atoms with Gasteiger partial charge >= 0.3 is 12.1 Å². The van der Waals surface area contributed by atoms with E-state index in [4.69, 9.17) is 54.2 Å². The van der Waals surface area contributed by atoms with E-state index in [9.17, 15) is 38.7 Å². The number of methoxy groups -OCH3 is 1. The molecule has 2 saturated heterocycles. The second-order valence-electron chi connectivity index (χ2n) is 20.2. The number of benzene rings is 1. The van der Waals surface area contributed by atoms with Crippen molar-refractivity contribution in [3.05, 3.63) is 46.5 Å². The maximum Gasteiger partial charge on any atom is 0.409 e. The smallest absolute Gasteiger partial charge is 0.409 e. The lowest BCUT2D eigenvalue weighted by Gasteiger charge is -2.55. The Balaban J connectivity index is 1.03. The zero-order valence-corrected chi connectivity index (χ0v) is 49.9. The summed E-state index contributed by atoms with van der Waals surface area (Å²) in [6.07, 6.45) is 4.33. The fraction of sp³-hybridized carbons (Fsp3) is 0.685. The Bertz CT molecular complexity index is 2300. The Kier molecular flexibility index (Phi) is 27.5. The van der Waals surface area contributed by atoms with Crippen LogP contribution < -0.4 is 23.8 Å². The third-order valence-corrected chi connectivity index (χ3v) is 16.7. The number of nitrogens with zero attached hydrogens (tertiary/aromatic N) is 2. The van der Waals surface area contributed by atoms with Gasteiger partial charge in [0.25, 0.3) is 0 Å². The third kappa shape index (κ3) is 20.4. The van der Waals surface area contributed by atoms with E-state index in [-0.39, 0.29) is 118 Å². The first-order valence-corrected chi connectivity index (χ1v) is 29.3. The normalized spacial score (nSPS) is 26.0. The molecule has 1 aromatic rings. The quantitative estimate of drug-likeness (QED) is 0.0270. The fourth-order valence-corrected chi connectivity index (χ4v) is 11.5. The molecule has 22 nitrogen and oxygen atoms in total. The van der Waals surface area contributed by atoms with E-state index in [1.807, 2.05) is 45.1 Å². The van der Waals surface area contributed by atoms with Gasteiger partial charge in [-0.05, 0) is 62.6 Å². The van der Waals surface area contributed by atoms with Gasteiger partial charge in [0.2, 0.25) is 29.5 Å². The van der Waals surface area contributed by atoms with Crippen LogP contribution in [0.4, 0.5) is 10.5 Å². The van der Waals surface area contributed by atoms with Gasteiger partial charge in [0.05, 0.1) is 126 Å². The summed E-state index contributed by atoms with van der Waals surface area (Å²) in [6, 6.07) is 3.65. The van der Waals surface area contributed by atoms with Crippen LogP contribution in [0.1, 0.15) is 84.6 Å². The van der Waals surface area contributed by atoms with E-state index >= 15 is 0 Å². The Morgan fingerprint density at radius 1 is 0.937 bits per heavy atom. The molecular formula is C54H79ClIN5O17S. The van der Waals surface area contributed by atoms with Crippen molar-refractivity contribution in [2.75, 3.05) is 111 Å². The molecule has 1 aliphatic carbocycles. The number of halogens is 2. The first-order valence-electron chi connectivity index (χ1n) is 26.8. The highest BCUT2D eigenvalue weighted by molar-refractivity contribution is 14.1. The molecule has 3 unspecified atom stereocenters. The van der Waals surface area contributed by atoms with Crippen molar-refractivity contribution in [2.45, 2.75) is 115 Å². The van der Waals surface area contributed by atoms with E-state index < -0.39 is 46.8 Å². The zero-order chi connectivity index (χ0) is 57.5. The van der Waals surface area contributed by atoms with Gasteiger partial charge in [-0.3, -0.25) is 37.7 Å². The van der Waals surface area contributed by atoms with Gasteiger partial charge in [-0.25, -0.2) is 9.59 Å². The monoisotopic (exact) mass is 1260 g/mol. The lowest BCUT2D eigenvalue weighted by atomic mass is 9.53. The number of carbonyl (C=O) groups excluding carboxylic acids is 7. The van der Waals surface area contributed by atoms with Gasteiger partial charge < -0.3 is 58.0 Å². The van der Waals surface area contributed by atoms with Gasteiger partial charge in [-0.2, -0.15) is 0 Å². The molecule has 8 atom stereocenters. The summed E-state index contributed by atoms with van der Waals surface area (Å²) in [7, 11) is 3.12. The second kappa shape index (κ2) is 33.1. The van der Waals surface area contributed by atoms with Crippen LogP contribution in [0.3, 0.4) is 0 Å². The largest absolute Gasteiger partial charge is 0.495 e. The van der Waals surface area contributed by atoms with Crippen molar-refractivity contribution in [1.82, 2.24) is 19.1 Å². The number of amides is 6. The molecule has 4 aliphatic rings. The molecule has 5 rings (SSSR count). The summed E-state index contributed by atoms with van der Waals surface area (Å²) in [5, 5.41) is 16.6. The predicted molar refractivity (Wildman–Crippen MR) is 302 cm³/mol. The summed E-state index contributed by atoms with van der Waals surface area (Å²) in [6.45, 7) is 10.9. The predicted octanol–water partition coefficient (Wildman–Crippen LogP) is 5.01. The van der Waals surface area contributed by atoms with Gasteiger partial charge in [0, 0.05) is 57.0 Å². The van der Waals surface area contributed by atoms with Crippen LogP contribution in [0, 0.1) is 17.3 Å². The lowest BCUT2D eigenvalue weighted by molar-refractivity contribution is -0.187. The van der Waals surface area contributed by atoms with E-state index in [0.29, 0.717) is 89.1 Å². The molecule has 4 bridgehead atoms. The van der Waals surface area contributed by atoms with Crippen LogP contribution in [0.25, 0.3) is 0 Å². The third-order valence-electron chi connectivity index (χ3n) is 14.5. The number of imide groups is 1. The van der Waals surface area contributed by atoms with Crippen molar-refractivity contribution >= 4 is 93.5 Å². The molecule has 3 heterocycles. The van der Waals surface area contributed by atoms with Crippen LogP contribution >= 0.6 is 46.2 Å². The SMILES string of the molecule is COc1cc2cc(c1Cl)N(C)C(=O)C[C@H](OC(=O)[C@H](C)OCCOCCSC1CC(=O)N(CCC(=O)NCCOCCOCCOCCOCCC(=O)NI)C1=O)[C@]1(C)CCC1[C@H](C)C1C[C@](O)(C/C=C/C=C(\C)C2)NC(=O)O1. The van der Waals surface area contributed by atoms with Crippen molar-refractivity contribution in [3.63, 3.8) is 0 Å². The number of likely N-dealkylation sites (tertiary alicyclic amines) is 1. The molecular weight excluding hydrogens is 1190 g/mol. The van der Waals surface area contributed by atoms with Crippen molar-refractivity contribution in [2.24, 2.45) is 17.3 Å². The molecule has 0 spiro atoms. The number of thioether (sulfide) groups is 1. The number of aliphatic hydroxyl groups is 1. The first kappa shape index (κ1) is 65.7. The second-order valence-corrected chi connectivity index (χ2v) is 22.5. The number of alkyl carbamates (subject to hydrolysis) is 1. The van der Waals surface area contributed by atoms with E-state index in [1.165, 1.54) is 23.8 Å². The Labute approximate surface area is 486 Å². The molecule has 0 radical (unpaired) electrons. The molecule has 79 heavy (non-hydrogen) atoms. The number of fused-ring (bicyclic) bond motifs is 5. The minimum absolute atomic E-state index is 0.0198. The molecule has 3 aliphatic heterocycles. The number of esters is 1. The Hall–Kier alpha value is -4.12. The summed E-state index contributed by atoms with van der Waals surface area (Å²) >= 11 is 9.90. The van der Waals surface area contributed by atoms with Gasteiger partial charge in [-0.1, -0.05) is 49.2 Å². The van der Waals surface area contributed by atoms with Crippen LogP contribution in [0.15, 0.2) is 35.9 Å². The maximum atomic E-state index is 14.4. The summed E-state index contributed by atoms with van der Waals surface area (Å²) in [5.74, 6) is -1.81. The highest BCUT2D eigenvalue weighted by atomic mass is 127. The molecule has 4 N–H and O–H groups in total. The first-order chi connectivity index (χ1) is 37.8. The summed E-state index contributed by atoms with van der Waals surface area (Å²) in [4.78, 5) is 93.1. The topological polar surface area (TPSA) is 265 Å². The number of hydrogen-bond acceptors (Lipinski definition) is 18. The van der Waals surface area contributed by atoms with Crippen LogP contribution in [0.5, 0.6) is 5.75 Å². The molecule has 1 saturated carbocycles. The van der Waals surface area contributed by atoms with E-state index in [1.54, 1.807) is 42.9 Å². The summed E-state index contributed by atoms with van der Waals surface area (Å²) in [5.41, 5.74) is -0.0622. The molecule has 25 heteroatoms. The minimum Gasteiger partial charge on any atom is -0.495 e. The average Bonchev–Trinajstić information content (AvgIpc) is 3.68. The molecule has 3 fully saturated rings. The number of ether oxygens (including phenoxy) is 9. The Morgan fingerprint density at radius 2 is 1.61 bits per heavy atom. The van der Waals surface area contributed by atoms with Crippen LogP contribution in [0.2, 0.25) is 5.02 Å². The van der Waals surface area contributed by atoms with Crippen LogP contribution in [-0.4, -0.2) is 187 Å². The van der Waals surface area contributed by atoms with E-state index in [2.05, 4.69) is 14.2 Å². The number of allylic oxidation sites excluding steroid dienone is 3. The maximum absolute atomic E-state index is 14.4. The van der Waals surface area contributed by atoms with Gasteiger partial charge in [0.1, 0.15) is 28.7 Å². The highest BCUT2D eigenvalue weighted by Crippen LogP contribution is 2.56. The highest BCUT2D eigenvalue weighted by Gasteiger charge is 2.56. The van der Waals surface area contributed by atoms with Gasteiger partial charge in [0.15, 0.2) is 6.10 Å². The van der Waals surface area contributed by atoms with Crippen molar-refractivity contribution in [3.8, 4) is 5.75 Å². The number of anilines is 1. The Morgan fingerprint density at radius 3 is 2.28 bits per heavy atom. The van der Waals surface area contributed by atoms with Crippen molar-refractivity contribution < 1.29 is 81.3 Å². The minimum atomic E-state index is -1.56. The molecule has 6 amide bonds. The zero-order valence-electron chi connectivity index (χ0n) is 46.2. The number of nitrogens with one attached hydrogen (secondary N) is 3. The van der Waals surface area contributed by atoms with E-state index in [0.717, 1.165) is 16.0 Å². The average molecular weight is 1260 g/mol. The standard InChI is InChI=1S/C54H79ClIN5O17S/c1-35-9-7-8-13-54(69)34-42(77-52(68)58-54)36(2)39-10-14-53(39,4)44(33-47(64)60(5)40-30-38(29-35)31-41(70-6)49(40)55)78-51(67)37(3)76-26-25-75-27-28-79-43-32-48(65)61(50(43)66)16-11-45(62)57-15-18-72-20-22-74-24-23-73-21-19-71-17-12-46(63)59-56/h7-9,30-31,36-37,39,42-44,69H,10-29,32-34H2,1-6H3,(H,57,62)(H,58,68)(H,59,63)/b8-7+,35-9+/t36-,37-,39?,42?,43?,44-,53+,54+/m0/s1. The van der Waals surface area contributed by atoms with Crippen molar-refractivity contribution in [1.29, 1.82) is 0 Å². The lowest BCUT2D eigenvalue weighted by Crippen LogP contribution is -2.60. The fourth-order valence-electron chi connectivity index (χ4n) is 9.84. The number of rotatable bonds is 29. The van der Waals surface area contributed by atoms with Gasteiger partial charge in [-0.15, -0.1) is 11.8 Å². The molecule has 1 aromatic carbocycles. The molecule has 442 valence electrons. The number of carbonyl (C=O) groups is 7. The van der Waals surface area contributed by atoms with Crippen LogP contribution in [-0.2, 0) is 73.1 Å². The number of hydrogen-bond donors (Lipinski definition) is 4. The summed E-state index contributed by atoms with van der Waals surface area (Å²) < 4.78 is 53.4.